The lowest BCUT2D eigenvalue weighted by atomic mass is 9.96. The number of aromatic hydroxyl groups is 1. The highest BCUT2D eigenvalue weighted by Crippen LogP contribution is 2.45. The summed E-state index contributed by atoms with van der Waals surface area (Å²) in [6.45, 7) is 1.81. The van der Waals surface area contributed by atoms with Gasteiger partial charge in [-0.3, -0.25) is 0 Å². The number of rotatable bonds is 5. The quantitative estimate of drug-likeness (QED) is 0.825. The van der Waals surface area contributed by atoms with Crippen molar-refractivity contribution < 1.29 is 19.4 Å². The summed E-state index contributed by atoms with van der Waals surface area (Å²) in [5.41, 5.74) is 0.497. The number of phenolic OH excluding ortho intramolecular Hbond substituents is 1. The summed E-state index contributed by atoms with van der Waals surface area (Å²) in [6, 6.07) is 1.43. The van der Waals surface area contributed by atoms with Crippen LogP contribution in [0.4, 0.5) is 0 Å². The number of methoxy groups -OCH3 is 2. The number of carbonyl (C=O) groups is 1. The Morgan fingerprint density at radius 2 is 2.12 bits per heavy atom. The molecule has 0 aliphatic carbocycles. The second-order valence-corrected chi connectivity index (χ2v) is 4.04. The van der Waals surface area contributed by atoms with Gasteiger partial charge in [-0.15, -0.1) is 0 Å². The van der Waals surface area contributed by atoms with Gasteiger partial charge < -0.3 is 19.4 Å². The van der Waals surface area contributed by atoms with E-state index < -0.39 is 0 Å². The van der Waals surface area contributed by atoms with Crippen LogP contribution in [-0.2, 0) is 4.79 Å². The van der Waals surface area contributed by atoms with Crippen LogP contribution in [0.1, 0.15) is 24.8 Å². The molecule has 1 N–H and O–H groups in total. The summed E-state index contributed by atoms with van der Waals surface area (Å²) in [4.78, 5) is 10.5. The molecule has 0 spiro atoms. The normalized spacial score (nSPS) is 12.0. The van der Waals surface area contributed by atoms with Gasteiger partial charge >= 0.3 is 0 Å². The first-order valence-corrected chi connectivity index (χ1v) is 5.51. The van der Waals surface area contributed by atoms with E-state index in [4.69, 9.17) is 21.1 Å². The molecule has 0 aromatic heterocycles. The Morgan fingerprint density at radius 3 is 2.59 bits per heavy atom. The zero-order valence-electron chi connectivity index (χ0n) is 9.99. The molecule has 1 aromatic carbocycles. The molecule has 94 valence electrons. The van der Waals surface area contributed by atoms with Gasteiger partial charge in [0.25, 0.3) is 0 Å². The Hall–Kier alpha value is -1.42. The van der Waals surface area contributed by atoms with Crippen molar-refractivity contribution in [3.05, 3.63) is 16.7 Å². The van der Waals surface area contributed by atoms with Crippen LogP contribution >= 0.6 is 11.6 Å². The van der Waals surface area contributed by atoms with E-state index in [1.165, 1.54) is 20.3 Å². The molecule has 0 fully saturated rings. The van der Waals surface area contributed by atoms with Gasteiger partial charge in [0, 0.05) is 18.1 Å². The highest BCUT2D eigenvalue weighted by atomic mass is 35.5. The van der Waals surface area contributed by atoms with Crippen molar-refractivity contribution in [2.24, 2.45) is 0 Å². The number of aldehydes is 1. The Morgan fingerprint density at radius 1 is 1.47 bits per heavy atom. The van der Waals surface area contributed by atoms with E-state index in [0.717, 1.165) is 6.29 Å². The zero-order chi connectivity index (χ0) is 13.0. The molecule has 1 unspecified atom stereocenters. The number of hydrogen-bond donors (Lipinski definition) is 1. The van der Waals surface area contributed by atoms with Gasteiger partial charge in [0.15, 0.2) is 11.5 Å². The Kier molecular flexibility index (Phi) is 4.63. The van der Waals surface area contributed by atoms with Crippen LogP contribution in [0.15, 0.2) is 6.07 Å². The number of hydrogen-bond acceptors (Lipinski definition) is 4. The van der Waals surface area contributed by atoms with Crippen LogP contribution in [0.2, 0.25) is 5.02 Å². The maximum atomic E-state index is 10.5. The minimum absolute atomic E-state index is 0.00185. The number of ether oxygens (including phenoxy) is 2. The second-order valence-electron chi connectivity index (χ2n) is 3.66. The molecule has 1 atom stereocenters. The van der Waals surface area contributed by atoms with Crippen LogP contribution < -0.4 is 9.47 Å². The standard InChI is InChI=1S/C12H15ClO4/c1-7(4-5-14)10-8(15)6-9(16-2)12(17-3)11(10)13/h5-7,15H,4H2,1-3H3. The topological polar surface area (TPSA) is 55.8 Å². The van der Waals surface area contributed by atoms with E-state index in [-0.39, 0.29) is 23.1 Å². The van der Waals surface area contributed by atoms with Crippen molar-refractivity contribution in [1.29, 1.82) is 0 Å². The van der Waals surface area contributed by atoms with E-state index in [2.05, 4.69) is 0 Å². The molecule has 1 aromatic rings. The minimum atomic E-state index is -0.181. The average molecular weight is 259 g/mol. The van der Waals surface area contributed by atoms with Crippen LogP contribution in [0.3, 0.4) is 0 Å². The second kappa shape index (κ2) is 5.77. The van der Waals surface area contributed by atoms with E-state index in [1.807, 2.05) is 0 Å². The van der Waals surface area contributed by atoms with Gasteiger partial charge in [0.1, 0.15) is 12.0 Å². The van der Waals surface area contributed by atoms with Gasteiger partial charge in [-0.05, 0) is 5.92 Å². The largest absolute Gasteiger partial charge is 0.507 e. The highest BCUT2D eigenvalue weighted by Gasteiger charge is 2.21. The fourth-order valence-electron chi connectivity index (χ4n) is 1.68. The molecule has 0 saturated heterocycles. The van der Waals surface area contributed by atoms with Gasteiger partial charge in [-0.1, -0.05) is 18.5 Å². The predicted molar refractivity (Wildman–Crippen MR) is 65.3 cm³/mol. The number of benzene rings is 1. The average Bonchev–Trinajstić information content (AvgIpc) is 2.28. The van der Waals surface area contributed by atoms with E-state index in [0.29, 0.717) is 17.1 Å². The lowest BCUT2D eigenvalue weighted by molar-refractivity contribution is -0.108. The van der Waals surface area contributed by atoms with Crippen molar-refractivity contribution in [2.45, 2.75) is 19.3 Å². The third kappa shape index (κ3) is 2.64. The maximum absolute atomic E-state index is 10.5. The van der Waals surface area contributed by atoms with E-state index >= 15 is 0 Å². The Bertz CT molecular complexity index is 417. The van der Waals surface area contributed by atoms with Crippen LogP contribution in [0, 0.1) is 0 Å². The fourth-order valence-corrected chi connectivity index (χ4v) is 2.14. The molecule has 0 radical (unpaired) electrons. The first-order chi connectivity index (χ1) is 8.06. The number of phenols is 1. The molecule has 17 heavy (non-hydrogen) atoms. The SMILES string of the molecule is COc1cc(O)c(C(C)CC=O)c(Cl)c1OC. The van der Waals surface area contributed by atoms with Crippen molar-refractivity contribution in [3.8, 4) is 17.2 Å². The van der Waals surface area contributed by atoms with Gasteiger partial charge in [-0.25, -0.2) is 0 Å². The summed E-state index contributed by atoms with van der Waals surface area (Å²) in [5, 5.41) is 10.2. The lowest BCUT2D eigenvalue weighted by Crippen LogP contribution is -2.00. The summed E-state index contributed by atoms with van der Waals surface area (Å²) in [7, 11) is 2.93. The zero-order valence-corrected chi connectivity index (χ0v) is 10.7. The molecular formula is C12H15ClO4. The smallest absolute Gasteiger partial charge is 0.179 e. The molecule has 0 saturated carbocycles. The van der Waals surface area contributed by atoms with Crippen molar-refractivity contribution >= 4 is 17.9 Å². The van der Waals surface area contributed by atoms with Crippen molar-refractivity contribution in [1.82, 2.24) is 0 Å². The Balaban J connectivity index is 3.35. The van der Waals surface area contributed by atoms with Gasteiger partial charge in [-0.2, -0.15) is 0 Å². The maximum Gasteiger partial charge on any atom is 0.179 e. The molecule has 1 rings (SSSR count). The van der Waals surface area contributed by atoms with Crippen LogP contribution in [0.5, 0.6) is 17.2 Å². The molecule has 0 bridgehead atoms. The lowest BCUT2D eigenvalue weighted by Gasteiger charge is -2.17. The van der Waals surface area contributed by atoms with E-state index in [1.54, 1.807) is 6.92 Å². The molecule has 0 aliphatic rings. The fraction of sp³-hybridized carbons (Fsp3) is 0.417. The third-order valence-electron chi connectivity index (χ3n) is 2.57. The summed E-state index contributed by atoms with van der Waals surface area (Å²) < 4.78 is 10.2. The van der Waals surface area contributed by atoms with Crippen molar-refractivity contribution in [3.63, 3.8) is 0 Å². The number of carbonyl (C=O) groups excluding carboxylic acids is 1. The third-order valence-corrected chi connectivity index (χ3v) is 2.95. The van der Waals surface area contributed by atoms with Crippen molar-refractivity contribution in [2.75, 3.05) is 14.2 Å². The summed E-state index contributed by atoms with van der Waals surface area (Å²) in [6.07, 6.45) is 1.07. The molecule has 4 nitrogen and oxygen atoms in total. The molecule has 5 heteroatoms. The molecule has 0 heterocycles. The summed E-state index contributed by atoms with van der Waals surface area (Å²) >= 11 is 6.15. The van der Waals surface area contributed by atoms with Crippen LogP contribution in [0.25, 0.3) is 0 Å². The van der Waals surface area contributed by atoms with E-state index in [9.17, 15) is 9.90 Å². The minimum Gasteiger partial charge on any atom is -0.507 e. The first-order valence-electron chi connectivity index (χ1n) is 5.13. The molecule has 0 amide bonds. The summed E-state index contributed by atoms with van der Waals surface area (Å²) in [5.74, 6) is 0.540. The molecule has 0 aliphatic heterocycles. The first kappa shape index (κ1) is 13.6. The highest BCUT2D eigenvalue weighted by molar-refractivity contribution is 6.33. The predicted octanol–water partition coefficient (Wildman–Crippen LogP) is 2.76. The van der Waals surface area contributed by atoms with Gasteiger partial charge in [0.2, 0.25) is 0 Å². The van der Waals surface area contributed by atoms with Crippen LogP contribution in [-0.4, -0.2) is 25.6 Å². The monoisotopic (exact) mass is 258 g/mol. The van der Waals surface area contributed by atoms with Gasteiger partial charge in [0.05, 0.1) is 19.2 Å². The Labute approximate surface area is 105 Å². The molecular weight excluding hydrogens is 244 g/mol. The number of halogens is 1.